The Morgan fingerprint density at radius 3 is 2.54 bits per heavy atom. The Balaban J connectivity index is 1.08. The van der Waals surface area contributed by atoms with Crippen molar-refractivity contribution in [3.05, 3.63) is 58.1 Å². The molecule has 7 atom stereocenters. The zero-order valence-electron chi connectivity index (χ0n) is 30.7. The molecule has 282 valence electrons. The number of aryl methyl sites for hydroxylation is 1. The number of fused-ring (bicyclic) bond motifs is 3. The summed E-state index contributed by atoms with van der Waals surface area (Å²) in [5.41, 5.74) is 3.70. The SMILES string of the molecule is C[C@@H]1[C@@H](C)CCC[C@@H](C2OCC(N3CCCC3)CO2)[C@@H]2CC3CC32CN2C[C@@]3(CCCc4cc(Cl)ccc43)COc3ccc(cc32)C(=O)NS1(=O)=O. The molecule has 2 spiro atoms. The summed E-state index contributed by atoms with van der Waals surface area (Å²) in [6.45, 7) is 9.54. The van der Waals surface area contributed by atoms with Crippen LogP contribution in [0.1, 0.15) is 93.1 Å². The van der Waals surface area contributed by atoms with Crippen LogP contribution < -0.4 is 14.4 Å². The average Bonchev–Trinajstić information content (AvgIpc) is 3.42. The van der Waals surface area contributed by atoms with Gasteiger partial charge in [0.05, 0.1) is 36.8 Å². The molecular formula is C41H54ClN3O6S. The van der Waals surface area contributed by atoms with Crippen molar-refractivity contribution in [3.8, 4) is 5.75 Å². The van der Waals surface area contributed by atoms with Gasteiger partial charge in [-0.25, -0.2) is 13.1 Å². The summed E-state index contributed by atoms with van der Waals surface area (Å²) in [5, 5.41) is 0.0457. The summed E-state index contributed by atoms with van der Waals surface area (Å²) in [5.74, 6) is 1.39. The number of nitrogens with zero attached hydrogens (tertiary/aromatic N) is 2. The number of rotatable bonds is 2. The fraction of sp³-hybridized carbons (Fsp3) is 0.683. The lowest BCUT2D eigenvalue weighted by molar-refractivity contribution is -0.243. The summed E-state index contributed by atoms with van der Waals surface area (Å²) in [4.78, 5) is 18.7. The lowest BCUT2D eigenvalue weighted by Gasteiger charge is -2.49. The molecule has 4 heterocycles. The number of amides is 1. The fourth-order valence-corrected chi connectivity index (χ4v) is 12.7. The molecule has 7 aliphatic rings. The van der Waals surface area contributed by atoms with E-state index in [0.29, 0.717) is 43.3 Å². The Morgan fingerprint density at radius 2 is 1.77 bits per heavy atom. The van der Waals surface area contributed by atoms with E-state index in [0.717, 1.165) is 81.2 Å². The van der Waals surface area contributed by atoms with Crippen molar-refractivity contribution in [3.63, 3.8) is 0 Å². The average molecular weight is 752 g/mol. The van der Waals surface area contributed by atoms with Crippen LogP contribution in [0.25, 0.3) is 0 Å². The number of anilines is 1. The lowest BCUT2D eigenvalue weighted by Crippen LogP contribution is -2.53. The molecular weight excluding hydrogens is 698 g/mol. The van der Waals surface area contributed by atoms with E-state index in [2.05, 4.69) is 26.7 Å². The van der Waals surface area contributed by atoms with Crippen LogP contribution in [0, 0.1) is 29.1 Å². The van der Waals surface area contributed by atoms with Crippen LogP contribution >= 0.6 is 11.6 Å². The van der Waals surface area contributed by atoms with Crippen LogP contribution in [0.15, 0.2) is 36.4 Å². The van der Waals surface area contributed by atoms with E-state index >= 15 is 0 Å². The van der Waals surface area contributed by atoms with Crippen molar-refractivity contribution >= 4 is 33.2 Å². The predicted molar refractivity (Wildman–Crippen MR) is 202 cm³/mol. The maximum absolute atomic E-state index is 13.7. The zero-order chi connectivity index (χ0) is 35.8. The third-order valence-corrected chi connectivity index (χ3v) is 16.6. The minimum atomic E-state index is -3.91. The van der Waals surface area contributed by atoms with Crippen LogP contribution in [0.3, 0.4) is 0 Å². The Hall–Kier alpha value is -2.37. The number of nitrogens with one attached hydrogen (secondary N) is 1. The number of hydrogen-bond acceptors (Lipinski definition) is 8. The minimum Gasteiger partial charge on any atom is -0.490 e. The second kappa shape index (κ2) is 13.4. The summed E-state index contributed by atoms with van der Waals surface area (Å²) in [6, 6.07) is 12.1. The van der Waals surface area contributed by atoms with Gasteiger partial charge in [-0.1, -0.05) is 31.0 Å². The maximum Gasteiger partial charge on any atom is 0.264 e. The molecule has 4 fully saturated rings. The molecule has 3 aliphatic carbocycles. The first kappa shape index (κ1) is 35.3. The van der Waals surface area contributed by atoms with Crippen LogP contribution in [0.2, 0.25) is 5.02 Å². The fourth-order valence-electron chi connectivity index (χ4n) is 11.2. The van der Waals surface area contributed by atoms with Crippen molar-refractivity contribution in [1.82, 2.24) is 9.62 Å². The highest BCUT2D eigenvalue weighted by molar-refractivity contribution is 7.90. The highest BCUT2D eigenvalue weighted by atomic mass is 35.5. The van der Waals surface area contributed by atoms with E-state index < -0.39 is 21.2 Å². The van der Waals surface area contributed by atoms with Gasteiger partial charge in [0, 0.05) is 35.0 Å². The molecule has 52 heavy (non-hydrogen) atoms. The first-order valence-corrected chi connectivity index (χ1v) is 21.8. The first-order valence-electron chi connectivity index (χ1n) is 19.9. The van der Waals surface area contributed by atoms with Gasteiger partial charge in [0.1, 0.15) is 5.75 Å². The van der Waals surface area contributed by atoms with Gasteiger partial charge in [0.25, 0.3) is 5.91 Å². The molecule has 2 aromatic rings. The molecule has 0 aromatic heterocycles. The summed E-state index contributed by atoms with van der Waals surface area (Å²) >= 11 is 6.51. The van der Waals surface area contributed by atoms with Gasteiger partial charge in [-0.3, -0.25) is 9.69 Å². The van der Waals surface area contributed by atoms with Gasteiger partial charge in [0.15, 0.2) is 6.29 Å². The van der Waals surface area contributed by atoms with E-state index in [9.17, 15) is 13.2 Å². The van der Waals surface area contributed by atoms with E-state index in [1.165, 1.54) is 36.8 Å². The molecule has 9 rings (SSSR count). The summed E-state index contributed by atoms with van der Waals surface area (Å²) < 4.78 is 49.7. The quantitative estimate of drug-likeness (QED) is 0.369. The van der Waals surface area contributed by atoms with E-state index in [4.69, 9.17) is 25.8 Å². The molecule has 0 radical (unpaired) electrons. The number of halogens is 1. The van der Waals surface area contributed by atoms with Gasteiger partial charge in [-0.05, 0) is 142 Å². The Morgan fingerprint density at radius 1 is 0.962 bits per heavy atom. The predicted octanol–water partition coefficient (Wildman–Crippen LogP) is 6.56. The summed E-state index contributed by atoms with van der Waals surface area (Å²) in [6.07, 6.45) is 10.2. The van der Waals surface area contributed by atoms with Crippen molar-refractivity contribution in [2.24, 2.45) is 29.1 Å². The monoisotopic (exact) mass is 751 g/mol. The Kier molecular flexibility index (Phi) is 9.13. The minimum absolute atomic E-state index is 0.115. The largest absolute Gasteiger partial charge is 0.490 e. The third-order valence-electron chi connectivity index (χ3n) is 14.5. The molecule has 2 unspecified atom stereocenters. The zero-order valence-corrected chi connectivity index (χ0v) is 32.2. The molecule has 1 amide bonds. The number of benzene rings is 2. The molecule has 2 aromatic carbocycles. The third kappa shape index (κ3) is 6.16. The van der Waals surface area contributed by atoms with Gasteiger partial charge < -0.3 is 19.1 Å². The Bertz CT molecular complexity index is 1810. The second-order valence-electron chi connectivity index (χ2n) is 17.4. The molecule has 4 aliphatic heterocycles. The molecule has 11 heteroatoms. The highest BCUT2D eigenvalue weighted by Crippen LogP contribution is 2.74. The van der Waals surface area contributed by atoms with Crippen molar-refractivity contribution in [2.75, 3.05) is 50.9 Å². The van der Waals surface area contributed by atoms with Gasteiger partial charge >= 0.3 is 0 Å². The van der Waals surface area contributed by atoms with Crippen LogP contribution in [-0.2, 0) is 31.3 Å². The number of sulfonamides is 1. The van der Waals surface area contributed by atoms with Crippen LogP contribution in [0.5, 0.6) is 5.75 Å². The number of carbonyl (C=O) groups excluding carboxylic acids is 1. The van der Waals surface area contributed by atoms with Crippen molar-refractivity contribution in [1.29, 1.82) is 0 Å². The van der Waals surface area contributed by atoms with E-state index in [-0.39, 0.29) is 29.0 Å². The lowest BCUT2D eigenvalue weighted by atomic mass is 9.64. The second-order valence-corrected chi connectivity index (χ2v) is 19.9. The topological polar surface area (TPSA) is 97.4 Å². The molecule has 2 saturated carbocycles. The smallest absolute Gasteiger partial charge is 0.264 e. The number of hydrogen-bond donors (Lipinski definition) is 1. The Labute approximate surface area is 314 Å². The highest BCUT2D eigenvalue weighted by Gasteiger charge is 2.70. The van der Waals surface area contributed by atoms with Crippen molar-refractivity contribution in [2.45, 2.75) is 101 Å². The molecule has 1 N–H and O–H groups in total. The molecule has 2 saturated heterocycles. The van der Waals surface area contributed by atoms with Crippen LogP contribution in [-0.4, -0.2) is 82.8 Å². The molecule has 9 nitrogen and oxygen atoms in total. The number of likely N-dealkylation sites (tertiary alicyclic amines) is 1. The molecule has 2 bridgehead atoms. The van der Waals surface area contributed by atoms with Crippen LogP contribution in [0.4, 0.5) is 5.69 Å². The number of ether oxygens (including phenoxy) is 3. The number of carbonyl (C=O) groups is 1. The maximum atomic E-state index is 13.7. The van der Waals surface area contributed by atoms with Crippen molar-refractivity contribution < 1.29 is 27.4 Å². The first-order chi connectivity index (χ1) is 25.1. The van der Waals surface area contributed by atoms with E-state index in [1.54, 1.807) is 13.0 Å². The van der Waals surface area contributed by atoms with E-state index in [1.807, 2.05) is 25.1 Å². The van der Waals surface area contributed by atoms with Gasteiger partial charge in [0.2, 0.25) is 10.0 Å². The normalized spacial score (nSPS) is 38.9. The standard InChI is InChI=1S/C41H54ClN3O6S/c1-26-7-5-9-33(39-49-21-32(22-50-39)44-15-3-4-16-44)35-19-30-20-41(30,35)24-45-23-40(14-6-8-28-17-31(42)11-12-34(28)40)25-51-37-13-10-29(18-36(37)45)38(46)43-52(47,48)27(26)2/h10-13,17-18,26-27,30,32-33,35,39H,3-9,14-16,19-25H2,1-2H3,(H,43,46)/t26-,27+,30?,32?,33+,35-,39?,40-,41?/m0/s1. The van der Waals surface area contributed by atoms with Gasteiger partial charge in [-0.15, -0.1) is 0 Å². The van der Waals surface area contributed by atoms with Gasteiger partial charge in [-0.2, -0.15) is 0 Å². The summed E-state index contributed by atoms with van der Waals surface area (Å²) in [7, 11) is -3.91.